The Balaban J connectivity index is 1.57. The largest absolute Gasteiger partial charge is 0.452 e. The van der Waals surface area contributed by atoms with E-state index in [0.29, 0.717) is 13.1 Å². The first kappa shape index (κ1) is 23.2. The highest BCUT2D eigenvalue weighted by molar-refractivity contribution is 7.89. The summed E-state index contributed by atoms with van der Waals surface area (Å²) in [5, 5.41) is 2.29. The van der Waals surface area contributed by atoms with Crippen LogP contribution in [0.4, 0.5) is 10.1 Å². The number of anilines is 1. The summed E-state index contributed by atoms with van der Waals surface area (Å²) in [6.07, 6.45) is 3.68. The molecule has 1 aliphatic rings. The van der Waals surface area contributed by atoms with Crippen LogP contribution in [0.25, 0.3) is 0 Å². The highest BCUT2D eigenvalue weighted by Gasteiger charge is 2.25. The van der Waals surface area contributed by atoms with Crippen LogP contribution >= 0.6 is 11.6 Å². The van der Waals surface area contributed by atoms with Gasteiger partial charge in [0, 0.05) is 18.8 Å². The number of sulfonamides is 1. The zero-order valence-electron chi connectivity index (χ0n) is 16.6. The molecule has 1 aliphatic heterocycles. The van der Waals surface area contributed by atoms with E-state index in [9.17, 15) is 22.4 Å². The lowest BCUT2D eigenvalue weighted by Gasteiger charge is -2.19. The molecule has 0 aliphatic carbocycles. The van der Waals surface area contributed by atoms with Crippen LogP contribution in [0.2, 0.25) is 5.02 Å². The number of halogens is 2. The van der Waals surface area contributed by atoms with Crippen molar-refractivity contribution in [2.45, 2.75) is 30.6 Å². The zero-order chi connectivity index (χ0) is 22.4. The molecule has 31 heavy (non-hydrogen) atoms. The van der Waals surface area contributed by atoms with E-state index in [-0.39, 0.29) is 21.2 Å². The number of rotatable bonds is 6. The summed E-state index contributed by atoms with van der Waals surface area (Å²) in [5.74, 6) is -2.02. The van der Waals surface area contributed by atoms with Gasteiger partial charge in [-0.3, -0.25) is 4.79 Å². The second kappa shape index (κ2) is 10.2. The van der Waals surface area contributed by atoms with E-state index in [2.05, 4.69) is 5.32 Å². The minimum Gasteiger partial charge on any atom is -0.452 e. The van der Waals surface area contributed by atoms with Gasteiger partial charge in [-0.1, -0.05) is 24.4 Å². The fourth-order valence-electron chi connectivity index (χ4n) is 3.18. The maximum atomic E-state index is 13.1. The zero-order valence-corrected chi connectivity index (χ0v) is 18.2. The predicted molar refractivity (Wildman–Crippen MR) is 114 cm³/mol. The van der Waals surface area contributed by atoms with Crippen molar-refractivity contribution in [3.63, 3.8) is 0 Å². The molecule has 0 atom stereocenters. The van der Waals surface area contributed by atoms with Crippen LogP contribution in [0.5, 0.6) is 0 Å². The average Bonchev–Trinajstić information content (AvgIpc) is 3.05. The van der Waals surface area contributed by atoms with Crippen molar-refractivity contribution in [2.24, 2.45) is 0 Å². The average molecular weight is 469 g/mol. The minimum atomic E-state index is -3.62. The molecule has 1 heterocycles. The van der Waals surface area contributed by atoms with E-state index >= 15 is 0 Å². The van der Waals surface area contributed by atoms with Crippen LogP contribution in [0.3, 0.4) is 0 Å². The molecule has 0 aromatic heterocycles. The third-order valence-corrected chi connectivity index (χ3v) is 7.03. The Hall–Kier alpha value is -2.49. The molecule has 2 aromatic carbocycles. The molecule has 0 bridgehead atoms. The number of amides is 1. The molecule has 0 unspecified atom stereocenters. The van der Waals surface area contributed by atoms with E-state index in [1.165, 1.54) is 40.7 Å². The summed E-state index contributed by atoms with van der Waals surface area (Å²) in [4.78, 5) is 24.2. The highest BCUT2D eigenvalue weighted by atomic mass is 35.5. The van der Waals surface area contributed by atoms with Gasteiger partial charge in [-0.15, -0.1) is 0 Å². The van der Waals surface area contributed by atoms with Crippen LogP contribution in [-0.2, 0) is 19.6 Å². The van der Waals surface area contributed by atoms with Gasteiger partial charge >= 0.3 is 5.97 Å². The van der Waals surface area contributed by atoms with Gasteiger partial charge in [0.05, 0.1) is 15.5 Å². The molecule has 2 aromatic rings. The van der Waals surface area contributed by atoms with Gasteiger partial charge in [-0.05, 0) is 55.3 Å². The summed E-state index contributed by atoms with van der Waals surface area (Å²) in [7, 11) is -3.62. The smallest absolute Gasteiger partial charge is 0.338 e. The second-order valence-electron chi connectivity index (χ2n) is 7.10. The van der Waals surface area contributed by atoms with Gasteiger partial charge < -0.3 is 10.1 Å². The molecule has 1 saturated heterocycles. The highest BCUT2D eigenvalue weighted by Crippen LogP contribution is 2.21. The number of carbonyl (C=O) groups is 2. The van der Waals surface area contributed by atoms with Gasteiger partial charge in [0.2, 0.25) is 10.0 Å². The molecular weight excluding hydrogens is 447 g/mol. The number of hydrogen-bond acceptors (Lipinski definition) is 5. The van der Waals surface area contributed by atoms with Gasteiger partial charge in [-0.2, -0.15) is 4.31 Å². The molecule has 166 valence electrons. The molecule has 7 nitrogen and oxygen atoms in total. The first-order valence-corrected chi connectivity index (χ1v) is 11.6. The van der Waals surface area contributed by atoms with Crippen LogP contribution in [0.15, 0.2) is 47.4 Å². The molecule has 0 spiro atoms. The maximum absolute atomic E-state index is 13.1. The van der Waals surface area contributed by atoms with E-state index in [4.69, 9.17) is 16.3 Å². The Morgan fingerprint density at radius 1 is 1.03 bits per heavy atom. The topological polar surface area (TPSA) is 92.8 Å². The van der Waals surface area contributed by atoms with E-state index in [1.54, 1.807) is 0 Å². The van der Waals surface area contributed by atoms with Gasteiger partial charge in [0.1, 0.15) is 5.82 Å². The lowest BCUT2D eigenvalue weighted by atomic mass is 10.2. The van der Waals surface area contributed by atoms with E-state index < -0.39 is 34.3 Å². The summed E-state index contributed by atoms with van der Waals surface area (Å²) in [6, 6.07) is 9.08. The number of ether oxygens (including phenoxy) is 1. The van der Waals surface area contributed by atoms with Crippen molar-refractivity contribution in [3.05, 3.63) is 58.9 Å². The number of nitrogens with one attached hydrogen (secondary N) is 1. The monoisotopic (exact) mass is 468 g/mol. The van der Waals surface area contributed by atoms with Crippen molar-refractivity contribution in [1.29, 1.82) is 0 Å². The number of nitrogens with zero attached hydrogens (tertiary/aromatic N) is 1. The normalized spacial score (nSPS) is 15.2. The van der Waals surface area contributed by atoms with Crippen LogP contribution in [-0.4, -0.2) is 44.3 Å². The summed E-state index contributed by atoms with van der Waals surface area (Å²) in [5.41, 5.74) is 0.378. The van der Waals surface area contributed by atoms with Crippen LogP contribution in [0, 0.1) is 5.82 Å². The van der Waals surface area contributed by atoms with Crippen molar-refractivity contribution in [2.75, 3.05) is 25.0 Å². The lowest BCUT2D eigenvalue weighted by Crippen LogP contribution is -2.31. The van der Waals surface area contributed by atoms with E-state index in [1.807, 2.05) is 0 Å². The second-order valence-corrected chi connectivity index (χ2v) is 9.44. The Bertz CT molecular complexity index is 1050. The van der Waals surface area contributed by atoms with E-state index in [0.717, 1.165) is 31.7 Å². The fraction of sp³-hybridized carbons (Fsp3) is 0.333. The quantitative estimate of drug-likeness (QED) is 0.650. The third kappa shape index (κ3) is 6.03. The number of benzene rings is 2. The van der Waals surface area contributed by atoms with Crippen molar-refractivity contribution in [1.82, 2.24) is 4.31 Å². The lowest BCUT2D eigenvalue weighted by molar-refractivity contribution is -0.119. The number of hydrogen-bond donors (Lipinski definition) is 1. The molecule has 1 amide bonds. The Labute approximate surface area is 185 Å². The first-order valence-electron chi connectivity index (χ1n) is 9.79. The van der Waals surface area contributed by atoms with Crippen LogP contribution < -0.4 is 5.32 Å². The van der Waals surface area contributed by atoms with Gasteiger partial charge in [0.15, 0.2) is 6.61 Å². The summed E-state index contributed by atoms with van der Waals surface area (Å²) >= 11 is 5.65. The fourth-order valence-corrected chi connectivity index (χ4v) is 4.88. The Morgan fingerprint density at radius 3 is 2.29 bits per heavy atom. The van der Waals surface area contributed by atoms with Crippen molar-refractivity contribution in [3.8, 4) is 0 Å². The first-order chi connectivity index (χ1) is 14.8. The van der Waals surface area contributed by atoms with Gasteiger partial charge in [-0.25, -0.2) is 17.6 Å². The van der Waals surface area contributed by atoms with Crippen LogP contribution in [0.1, 0.15) is 36.0 Å². The number of carbonyl (C=O) groups excluding carboxylic acids is 2. The molecule has 1 N–H and O–H groups in total. The minimum absolute atomic E-state index is 0.108. The summed E-state index contributed by atoms with van der Waals surface area (Å²) in [6.45, 7) is 0.405. The molecule has 10 heteroatoms. The summed E-state index contributed by atoms with van der Waals surface area (Å²) < 4.78 is 45.1. The third-order valence-electron chi connectivity index (χ3n) is 4.83. The molecule has 0 saturated carbocycles. The van der Waals surface area contributed by atoms with Crippen molar-refractivity contribution >= 4 is 39.2 Å². The van der Waals surface area contributed by atoms with Crippen molar-refractivity contribution < 1.29 is 27.1 Å². The predicted octanol–water partition coefficient (Wildman–Crippen LogP) is 3.84. The maximum Gasteiger partial charge on any atom is 0.338 e. The Morgan fingerprint density at radius 2 is 1.68 bits per heavy atom. The standard InChI is InChI=1S/C21H22ClFN2O5S/c22-18-13-16(7-10-19(18)23)24-20(26)14-30-21(27)15-5-8-17(9-6-15)31(28,29)25-11-3-1-2-4-12-25/h5-10,13H,1-4,11-12,14H2,(H,24,26). The molecular formula is C21H22ClFN2O5S. The molecule has 3 rings (SSSR count). The molecule has 1 fully saturated rings. The Kier molecular flexibility index (Phi) is 7.64. The number of esters is 1. The van der Waals surface area contributed by atoms with Gasteiger partial charge in [0.25, 0.3) is 5.91 Å². The SMILES string of the molecule is O=C(COC(=O)c1ccc(S(=O)(=O)N2CCCCCC2)cc1)Nc1ccc(F)c(Cl)c1. The molecule has 0 radical (unpaired) electrons.